The van der Waals surface area contributed by atoms with Crippen molar-refractivity contribution in [3.63, 3.8) is 0 Å². The molecule has 3 heteroatoms. The molecule has 0 atom stereocenters. The summed E-state index contributed by atoms with van der Waals surface area (Å²) in [5.74, 6) is 0.516. The van der Waals surface area contributed by atoms with Crippen molar-refractivity contribution < 1.29 is 9.90 Å². The predicted molar refractivity (Wildman–Crippen MR) is 72.1 cm³/mol. The number of carbonyl (C=O) groups is 1. The molecule has 1 amide bonds. The van der Waals surface area contributed by atoms with E-state index in [2.05, 4.69) is 19.2 Å². The number of fused-ring (bicyclic) bond motifs is 3. The maximum Gasteiger partial charge on any atom is 0.251 e. The quantitative estimate of drug-likeness (QED) is 0.812. The molecular weight excluding hydrogens is 226 g/mol. The van der Waals surface area contributed by atoms with E-state index in [9.17, 15) is 9.90 Å². The smallest absolute Gasteiger partial charge is 0.251 e. The Hall–Kier alpha value is -0.570. The van der Waals surface area contributed by atoms with Crippen LogP contribution in [0.2, 0.25) is 0 Å². The van der Waals surface area contributed by atoms with Gasteiger partial charge in [0.05, 0.1) is 0 Å². The third-order valence-electron chi connectivity index (χ3n) is 5.46. The van der Waals surface area contributed by atoms with Gasteiger partial charge in [-0.25, -0.2) is 0 Å². The predicted octanol–water partition coefficient (Wildman–Crippen LogP) is 2.62. The molecule has 3 rings (SSSR count). The van der Waals surface area contributed by atoms with Crippen LogP contribution < -0.4 is 5.32 Å². The molecule has 0 saturated heterocycles. The lowest BCUT2D eigenvalue weighted by atomic mass is 9.53. The second kappa shape index (κ2) is 4.22. The first-order chi connectivity index (χ1) is 8.19. The van der Waals surface area contributed by atoms with Crippen molar-refractivity contribution >= 4 is 5.91 Å². The molecular formula is C15H27NO2. The van der Waals surface area contributed by atoms with Crippen molar-refractivity contribution in [2.24, 2.45) is 11.3 Å². The minimum absolute atomic E-state index is 0.0340. The fourth-order valence-corrected chi connectivity index (χ4v) is 3.66. The Labute approximate surface area is 110 Å². The average Bonchev–Trinajstić information content (AvgIpc) is 2.29. The maximum atomic E-state index is 12.0. The van der Waals surface area contributed by atoms with Gasteiger partial charge in [-0.3, -0.25) is 4.79 Å². The number of nitrogens with one attached hydrogen (secondary N) is 1. The van der Waals surface area contributed by atoms with Crippen LogP contribution in [0.1, 0.15) is 66.2 Å². The second-order valence-electron chi connectivity index (χ2n) is 7.31. The monoisotopic (exact) mass is 253 g/mol. The highest BCUT2D eigenvalue weighted by Crippen LogP contribution is 2.55. The van der Waals surface area contributed by atoms with Gasteiger partial charge in [-0.1, -0.05) is 13.8 Å². The Morgan fingerprint density at radius 3 is 1.89 bits per heavy atom. The first-order valence-electron chi connectivity index (χ1n) is 7.24. The van der Waals surface area contributed by atoms with Gasteiger partial charge in [0.1, 0.15) is 5.60 Å². The summed E-state index contributed by atoms with van der Waals surface area (Å²) in [5.41, 5.74) is -0.784. The third kappa shape index (κ3) is 2.29. The van der Waals surface area contributed by atoms with Crippen LogP contribution in [0.3, 0.4) is 0 Å². The molecule has 0 aromatic carbocycles. The van der Waals surface area contributed by atoms with Gasteiger partial charge in [-0.05, 0) is 63.7 Å². The molecule has 0 heterocycles. The summed E-state index contributed by atoms with van der Waals surface area (Å²) in [6.45, 7) is 7.77. The largest absolute Gasteiger partial charge is 0.381 e. The average molecular weight is 253 g/mol. The summed E-state index contributed by atoms with van der Waals surface area (Å²) in [5, 5.41) is 12.9. The van der Waals surface area contributed by atoms with Gasteiger partial charge in [0.2, 0.25) is 0 Å². The van der Waals surface area contributed by atoms with Crippen LogP contribution in [0.25, 0.3) is 0 Å². The fourth-order valence-electron chi connectivity index (χ4n) is 3.66. The van der Waals surface area contributed by atoms with Crippen molar-refractivity contribution in [3.05, 3.63) is 0 Å². The Kier molecular flexibility index (Phi) is 3.25. The second-order valence-corrected chi connectivity index (χ2v) is 7.31. The van der Waals surface area contributed by atoms with Crippen LogP contribution in [-0.4, -0.2) is 22.2 Å². The first-order valence-corrected chi connectivity index (χ1v) is 7.24. The van der Waals surface area contributed by atoms with Gasteiger partial charge in [0, 0.05) is 5.54 Å². The van der Waals surface area contributed by atoms with Gasteiger partial charge in [0.25, 0.3) is 5.91 Å². The zero-order valence-corrected chi connectivity index (χ0v) is 12.2. The number of hydrogen-bond donors (Lipinski definition) is 2. The SMILES string of the molecule is CC(C)C12CCC(NC(=O)C(C)(C)O)(CC1)CC2. The normalized spacial score (nSPS) is 35.9. The number of carbonyl (C=O) groups excluding carboxylic acids is 1. The van der Waals surface area contributed by atoms with E-state index >= 15 is 0 Å². The molecule has 0 spiro atoms. The molecule has 3 aliphatic carbocycles. The highest BCUT2D eigenvalue weighted by Gasteiger charge is 2.50. The van der Waals surface area contributed by atoms with Crippen LogP contribution >= 0.6 is 0 Å². The molecule has 3 nitrogen and oxygen atoms in total. The Morgan fingerprint density at radius 2 is 1.56 bits per heavy atom. The number of aliphatic hydroxyl groups is 1. The Bertz CT molecular complexity index is 316. The van der Waals surface area contributed by atoms with Crippen LogP contribution in [-0.2, 0) is 4.79 Å². The van der Waals surface area contributed by atoms with Crippen LogP contribution in [0.5, 0.6) is 0 Å². The molecule has 0 radical (unpaired) electrons. The van der Waals surface area contributed by atoms with Gasteiger partial charge < -0.3 is 10.4 Å². The van der Waals surface area contributed by atoms with E-state index in [1.807, 2.05) is 0 Å². The van der Waals surface area contributed by atoms with Crippen molar-refractivity contribution in [1.82, 2.24) is 5.32 Å². The molecule has 3 saturated carbocycles. The van der Waals surface area contributed by atoms with Gasteiger partial charge >= 0.3 is 0 Å². The van der Waals surface area contributed by atoms with E-state index in [0.717, 1.165) is 25.2 Å². The summed E-state index contributed by atoms with van der Waals surface area (Å²) in [4.78, 5) is 12.0. The van der Waals surface area contributed by atoms with E-state index in [1.165, 1.54) is 19.3 Å². The van der Waals surface area contributed by atoms with Gasteiger partial charge in [0.15, 0.2) is 0 Å². The lowest BCUT2D eigenvalue weighted by Crippen LogP contribution is -2.60. The fraction of sp³-hybridized carbons (Fsp3) is 0.933. The molecule has 0 aromatic rings. The molecule has 104 valence electrons. The lowest BCUT2D eigenvalue weighted by Gasteiger charge is -2.56. The van der Waals surface area contributed by atoms with Crippen molar-refractivity contribution in [2.45, 2.75) is 77.4 Å². The highest BCUT2D eigenvalue weighted by molar-refractivity contribution is 5.84. The Balaban J connectivity index is 2.04. The standard InChI is InChI=1S/C15H27NO2/c1-11(2)14-5-8-15(9-6-14,10-7-14)16-12(17)13(3,4)18/h11,18H,5-10H2,1-4H3,(H,16,17). The summed E-state index contributed by atoms with van der Waals surface area (Å²) in [6, 6.07) is 0. The van der Waals surface area contributed by atoms with E-state index in [0.29, 0.717) is 5.41 Å². The first kappa shape index (κ1) is 13.9. The van der Waals surface area contributed by atoms with Crippen LogP contribution in [0.15, 0.2) is 0 Å². The minimum Gasteiger partial charge on any atom is -0.381 e. The van der Waals surface area contributed by atoms with E-state index < -0.39 is 5.60 Å². The van der Waals surface area contributed by atoms with Crippen molar-refractivity contribution in [1.29, 1.82) is 0 Å². The Morgan fingerprint density at radius 1 is 1.11 bits per heavy atom. The van der Waals surface area contributed by atoms with Crippen molar-refractivity contribution in [3.8, 4) is 0 Å². The molecule has 0 unspecified atom stereocenters. The zero-order valence-electron chi connectivity index (χ0n) is 12.2. The van der Waals surface area contributed by atoms with E-state index in [-0.39, 0.29) is 11.4 Å². The summed E-state index contributed by atoms with van der Waals surface area (Å²) >= 11 is 0. The van der Waals surface area contributed by atoms with E-state index in [1.54, 1.807) is 13.8 Å². The molecule has 3 fully saturated rings. The molecule has 18 heavy (non-hydrogen) atoms. The molecule has 3 aliphatic rings. The number of rotatable bonds is 3. The van der Waals surface area contributed by atoms with E-state index in [4.69, 9.17) is 0 Å². The lowest BCUT2D eigenvalue weighted by molar-refractivity contribution is -0.141. The summed E-state index contributed by atoms with van der Waals surface area (Å²) < 4.78 is 0. The number of amides is 1. The summed E-state index contributed by atoms with van der Waals surface area (Å²) in [6.07, 6.45) is 6.89. The molecule has 0 aromatic heterocycles. The third-order valence-corrected chi connectivity index (χ3v) is 5.46. The molecule has 0 aliphatic heterocycles. The minimum atomic E-state index is -1.27. The van der Waals surface area contributed by atoms with Gasteiger partial charge in [-0.2, -0.15) is 0 Å². The topological polar surface area (TPSA) is 49.3 Å². The van der Waals surface area contributed by atoms with Crippen LogP contribution in [0, 0.1) is 11.3 Å². The van der Waals surface area contributed by atoms with Crippen LogP contribution in [0.4, 0.5) is 0 Å². The highest BCUT2D eigenvalue weighted by atomic mass is 16.3. The summed E-state index contributed by atoms with van der Waals surface area (Å²) in [7, 11) is 0. The zero-order chi connectivity index (χ0) is 13.6. The molecule has 2 bridgehead atoms. The van der Waals surface area contributed by atoms with Gasteiger partial charge in [-0.15, -0.1) is 0 Å². The number of hydrogen-bond acceptors (Lipinski definition) is 2. The maximum absolute atomic E-state index is 12.0. The molecule has 2 N–H and O–H groups in total. The van der Waals surface area contributed by atoms with Crippen molar-refractivity contribution in [2.75, 3.05) is 0 Å².